The summed E-state index contributed by atoms with van der Waals surface area (Å²) in [5.74, 6) is 0.0375. The molecule has 4 heteroatoms. The van der Waals surface area contributed by atoms with Crippen molar-refractivity contribution in [3.05, 3.63) is 34.9 Å². The van der Waals surface area contributed by atoms with Gasteiger partial charge in [0.05, 0.1) is 0 Å². The molecular weight excluding hydrogens is 248 g/mol. The molecule has 0 aromatic heterocycles. The Morgan fingerprint density at radius 2 is 2.39 bits per heavy atom. The van der Waals surface area contributed by atoms with Crippen LogP contribution in [0.15, 0.2) is 24.3 Å². The van der Waals surface area contributed by atoms with Crippen molar-refractivity contribution >= 4 is 17.5 Å². The van der Waals surface area contributed by atoms with E-state index in [1.54, 1.807) is 23.1 Å². The van der Waals surface area contributed by atoms with Gasteiger partial charge in [0, 0.05) is 30.2 Å². The molecular formula is C14H19ClN2O. The number of hydrogen-bond donors (Lipinski definition) is 1. The third-order valence-corrected chi connectivity index (χ3v) is 3.63. The van der Waals surface area contributed by atoms with Crippen LogP contribution in [0.3, 0.4) is 0 Å². The maximum Gasteiger partial charge on any atom is 0.253 e. The normalized spacial score (nSPS) is 18.9. The second-order valence-corrected chi connectivity index (χ2v) is 5.26. The molecule has 2 rings (SSSR count). The van der Waals surface area contributed by atoms with Gasteiger partial charge >= 0.3 is 0 Å². The van der Waals surface area contributed by atoms with Gasteiger partial charge in [-0.05, 0) is 44.0 Å². The Labute approximate surface area is 113 Å². The Morgan fingerprint density at radius 3 is 3.06 bits per heavy atom. The standard InChI is InChI=1S/C14H19ClN2O/c1-17(9-7-13-6-3-8-16-13)14(18)11-4-2-5-12(15)10-11/h2,4-5,10,13,16H,3,6-9H2,1H3. The van der Waals surface area contributed by atoms with Crippen LogP contribution in [-0.4, -0.2) is 37.0 Å². The maximum atomic E-state index is 12.1. The number of nitrogens with one attached hydrogen (secondary N) is 1. The van der Waals surface area contributed by atoms with Crippen molar-refractivity contribution in [3.8, 4) is 0 Å². The van der Waals surface area contributed by atoms with Gasteiger partial charge in [0.2, 0.25) is 0 Å². The fraction of sp³-hybridized carbons (Fsp3) is 0.500. The van der Waals surface area contributed by atoms with Gasteiger partial charge in [-0.3, -0.25) is 4.79 Å². The lowest BCUT2D eigenvalue weighted by Gasteiger charge is -2.19. The van der Waals surface area contributed by atoms with Crippen LogP contribution in [0.5, 0.6) is 0 Å². The summed E-state index contributed by atoms with van der Waals surface area (Å²) < 4.78 is 0. The first-order valence-corrected chi connectivity index (χ1v) is 6.79. The molecule has 0 saturated carbocycles. The molecule has 1 heterocycles. The van der Waals surface area contributed by atoms with Crippen LogP contribution in [0.4, 0.5) is 0 Å². The molecule has 98 valence electrons. The minimum absolute atomic E-state index is 0.0375. The van der Waals surface area contributed by atoms with Gasteiger partial charge in [-0.25, -0.2) is 0 Å². The SMILES string of the molecule is CN(CCC1CCCN1)C(=O)c1cccc(Cl)c1. The summed E-state index contributed by atoms with van der Waals surface area (Å²) in [5, 5.41) is 4.04. The summed E-state index contributed by atoms with van der Waals surface area (Å²) in [6.45, 7) is 1.89. The molecule has 1 N–H and O–H groups in total. The highest BCUT2D eigenvalue weighted by Gasteiger charge is 2.17. The Kier molecular flexibility index (Phi) is 4.61. The van der Waals surface area contributed by atoms with Gasteiger partial charge in [0.15, 0.2) is 0 Å². The minimum Gasteiger partial charge on any atom is -0.342 e. The number of rotatable bonds is 4. The highest BCUT2D eigenvalue weighted by Crippen LogP contribution is 2.13. The van der Waals surface area contributed by atoms with E-state index in [1.807, 2.05) is 13.1 Å². The Morgan fingerprint density at radius 1 is 1.56 bits per heavy atom. The lowest BCUT2D eigenvalue weighted by atomic mass is 10.1. The molecule has 0 bridgehead atoms. The third-order valence-electron chi connectivity index (χ3n) is 3.39. The van der Waals surface area contributed by atoms with Gasteiger partial charge < -0.3 is 10.2 Å². The largest absolute Gasteiger partial charge is 0.342 e. The summed E-state index contributed by atoms with van der Waals surface area (Å²) in [5.41, 5.74) is 0.657. The lowest BCUT2D eigenvalue weighted by molar-refractivity contribution is 0.0790. The van der Waals surface area contributed by atoms with Gasteiger partial charge in [-0.2, -0.15) is 0 Å². The number of amides is 1. The number of hydrogen-bond acceptors (Lipinski definition) is 2. The number of carbonyl (C=O) groups is 1. The number of halogens is 1. The first kappa shape index (κ1) is 13.4. The van der Waals surface area contributed by atoms with E-state index in [2.05, 4.69) is 5.32 Å². The van der Waals surface area contributed by atoms with Crippen molar-refractivity contribution in [3.63, 3.8) is 0 Å². The zero-order valence-corrected chi connectivity index (χ0v) is 11.4. The van der Waals surface area contributed by atoms with Crippen LogP contribution in [0.1, 0.15) is 29.6 Å². The van der Waals surface area contributed by atoms with E-state index in [4.69, 9.17) is 11.6 Å². The predicted molar refractivity (Wildman–Crippen MR) is 74.1 cm³/mol. The van der Waals surface area contributed by atoms with Crippen molar-refractivity contribution in [1.82, 2.24) is 10.2 Å². The number of nitrogens with zero attached hydrogens (tertiary/aromatic N) is 1. The van der Waals surface area contributed by atoms with Crippen LogP contribution in [0.25, 0.3) is 0 Å². The quantitative estimate of drug-likeness (QED) is 0.908. The molecule has 0 spiro atoms. The van der Waals surface area contributed by atoms with Gasteiger partial charge in [0.25, 0.3) is 5.91 Å². The molecule has 0 radical (unpaired) electrons. The molecule has 1 amide bonds. The molecule has 0 aliphatic carbocycles. The third kappa shape index (κ3) is 3.47. The molecule has 1 fully saturated rings. The Balaban J connectivity index is 1.87. The minimum atomic E-state index is 0.0375. The molecule has 1 saturated heterocycles. The molecule has 1 unspecified atom stereocenters. The van der Waals surface area contributed by atoms with Crippen molar-refractivity contribution in [2.45, 2.75) is 25.3 Å². The first-order valence-electron chi connectivity index (χ1n) is 6.41. The Bertz CT molecular complexity index is 416. The van der Waals surface area contributed by atoms with Crippen LogP contribution in [0, 0.1) is 0 Å². The summed E-state index contributed by atoms with van der Waals surface area (Å²) in [4.78, 5) is 13.9. The van der Waals surface area contributed by atoms with E-state index in [0.29, 0.717) is 16.6 Å². The van der Waals surface area contributed by atoms with Crippen LogP contribution < -0.4 is 5.32 Å². The van der Waals surface area contributed by atoms with Gasteiger partial charge in [0.1, 0.15) is 0 Å². The monoisotopic (exact) mass is 266 g/mol. The predicted octanol–water partition coefficient (Wildman–Crippen LogP) is 2.55. The summed E-state index contributed by atoms with van der Waals surface area (Å²) in [6.07, 6.45) is 3.48. The van der Waals surface area contributed by atoms with Gasteiger partial charge in [-0.15, -0.1) is 0 Å². The average Bonchev–Trinajstić information content (AvgIpc) is 2.88. The van der Waals surface area contributed by atoms with Crippen LogP contribution in [0.2, 0.25) is 5.02 Å². The smallest absolute Gasteiger partial charge is 0.253 e. The van der Waals surface area contributed by atoms with E-state index in [0.717, 1.165) is 19.5 Å². The van der Waals surface area contributed by atoms with E-state index in [-0.39, 0.29) is 5.91 Å². The van der Waals surface area contributed by atoms with Gasteiger partial charge in [-0.1, -0.05) is 17.7 Å². The molecule has 3 nitrogen and oxygen atoms in total. The average molecular weight is 267 g/mol. The molecule has 1 aliphatic rings. The van der Waals surface area contributed by atoms with Crippen molar-refractivity contribution in [1.29, 1.82) is 0 Å². The zero-order chi connectivity index (χ0) is 13.0. The highest BCUT2D eigenvalue weighted by molar-refractivity contribution is 6.30. The second kappa shape index (κ2) is 6.21. The number of carbonyl (C=O) groups excluding carboxylic acids is 1. The summed E-state index contributed by atoms with van der Waals surface area (Å²) in [6, 6.07) is 7.68. The molecule has 1 aromatic carbocycles. The van der Waals surface area contributed by atoms with E-state index in [9.17, 15) is 4.79 Å². The van der Waals surface area contributed by atoms with E-state index in [1.165, 1.54) is 12.8 Å². The van der Waals surface area contributed by atoms with Crippen molar-refractivity contribution < 1.29 is 4.79 Å². The molecule has 1 aromatic rings. The fourth-order valence-corrected chi connectivity index (χ4v) is 2.49. The fourth-order valence-electron chi connectivity index (χ4n) is 2.30. The van der Waals surface area contributed by atoms with E-state index < -0.39 is 0 Å². The van der Waals surface area contributed by atoms with Crippen molar-refractivity contribution in [2.24, 2.45) is 0 Å². The molecule has 1 atom stereocenters. The maximum absolute atomic E-state index is 12.1. The second-order valence-electron chi connectivity index (χ2n) is 4.82. The lowest BCUT2D eigenvalue weighted by Crippen LogP contribution is -2.32. The van der Waals surface area contributed by atoms with Crippen LogP contribution in [-0.2, 0) is 0 Å². The molecule has 1 aliphatic heterocycles. The van der Waals surface area contributed by atoms with E-state index >= 15 is 0 Å². The Hall–Kier alpha value is -1.06. The highest BCUT2D eigenvalue weighted by atomic mass is 35.5. The molecule has 18 heavy (non-hydrogen) atoms. The zero-order valence-electron chi connectivity index (χ0n) is 10.7. The van der Waals surface area contributed by atoms with Crippen LogP contribution >= 0.6 is 11.6 Å². The summed E-state index contributed by atoms with van der Waals surface area (Å²) in [7, 11) is 1.85. The first-order chi connectivity index (χ1) is 8.66. The number of benzene rings is 1. The summed E-state index contributed by atoms with van der Waals surface area (Å²) >= 11 is 5.89. The topological polar surface area (TPSA) is 32.3 Å². The van der Waals surface area contributed by atoms with Crippen molar-refractivity contribution in [2.75, 3.05) is 20.1 Å².